The van der Waals surface area contributed by atoms with Gasteiger partial charge in [-0.25, -0.2) is 9.69 Å². The zero-order chi connectivity index (χ0) is 13.1. The lowest BCUT2D eigenvalue weighted by Gasteiger charge is -2.30. The minimum absolute atomic E-state index is 0.218. The standard InChI is InChI=1S/C13H19NO4/c1-9-7-11(8-10(2)18-9)3-4-12(15)14-5-6-17-13(14)16/h3-4,9-11H,5-8H2,1-2H3/b4-3+. The number of ether oxygens (including phenoxy) is 2. The van der Waals surface area contributed by atoms with Crippen LogP contribution in [0.3, 0.4) is 0 Å². The van der Waals surface area contributed by atoms with E-state index in [9.17, 15) is 9.59 Å². The molecule has 2 amide bonds. The van der Waals surface area contributed by atoms with Gasteiger partial charge in [0.25, 0.3) is 5.91 Å². The summed E-state index contributed by atoms with van der Waals surface area (Å²) in [6.07, 6.45) is 5.10. The van der Waals surface area contributed by atoms with E-state index in [4.69, 9.17) is 9.47 Å². The molecule has 0 N–H and O–H groups in total. The number of imide groups is 1. The van der Waals surface area contributed by atoms with Gasteiger partial charge in [0, 0.05) is 0 Å². The summed E-state index contributed by atoms with van der Waals surface area (Å²) in [5.41, 5.74) is 0. The molecule has 2 heterocycles. The topological polar surface area (TPSA) is 55.8 Å². The van der Waals surface area contributed by atoms with E-state index in [1.165, 1.54) is 6.08 Å². The second-order valence-electron chi connectivity index (χ2n) is 4.95. The molecule has 2 unspecified atom stereocenters. The Kier molecular flexibility index (Phi) is 4.01. The van der Waals surface area contributed by atoms with E-state index in [1.54, 1.807) is 0 Å². The molecule has 2 fully saturated rings. The fourth-order valence-corrected chi connectivity index (χ4v) is 2.52. The molecule has 18 heavy (non-hydrogen) atoms. The van der Waals surface area contributed by atoms with Crippen molar-refractivity contribution >= 4 is 12.0 Å². The van der Waals surface area contributed by atoms with Crippen molar-refractivity contribution in [2.75, 3.05) is 13.2 Å². The van der Waals surface area contributed by atoms with Crippen LogP contribution in [0.1, 0.15) is 26.7 Å². The molecule has 100 valence electrons. The third-order valence-electron chi connectivity index (χ3n) is 3.27. The van der Waals surface area contributed by atoms with Gasteiger partial charge in [-0.15, -0.1) is 0 Å². The molecule has 0 radical (unpaired) electrons. The zero-order valence-corrected chi connectivity index (χ0v) is 10.8. The maximum Gasteiger partial charge on any atom is 0.416 e. The lowest BCUT2D eigenvalue weighted by molar-refractivity contribution is -0.122. The number of nitrogens with zero attached hydrogens (tertiary/aromatic N) is 1. The summed E-state index contributed by atoms with van der Waals surface area (Å²) in [7, 11) is 0. The summed E-state index contributed by atoms with van der Waals surface area (Å²) < 4.78 is 10.4. The van der Waals surface area contributed by atoms with Crippen LogP contribution in [0, 0.1) is 5.92 Å². The van der Waals surface area contributed by atoms with Gasteiger partial charge >= 0.3 is 6.09 Å². The number of allylic oxidation sites excluding steroid dienone is 1. The lowest BCUT2D eigenvalue weighted by Crippen LogP contribution is -2.31. The Morgan fingerprint density at radius 2 is 2.00 bits per heavy atom. The molecule has 0 aromatic carbocycles. The number of amides is 2. The van der Waals surface area contributed by atoms with Crippen LogP contribution < -0.4 is 0 Å². The molecule has 2 rings (SSSR count). The Morgan fingerprint density at radius 1 is 1.33 bits per heavy atom. The van der Waals surface area contributed by atoms with Crippen LogP contribution in [-0.4, -0.2) is 42.3 Å². The predicted octanol–water partition coefficient (Wildman–Crippen LogP) is 1.73. The largest absolute Gasteiger partial charge is 0.447 e. The third kappa shape index (κ3) is 3.10. The summed E-state index contributed by atoms with van der Waals surface area (Å²) in [5.74, 6) is 0.0515. The fraction of sp³-hybridized carbons (Fsp3) is 0.692. The number of carbonyl (C=O) groups excluding carboxylic acids is 2. The third-order valence-corrected chi connectivity index (χ3v) is 3.27. The molecule has 0 bridgehead atoms. The second-order valence-corrected chi connectivity index (χ2v) is 4.95. The summed E-state index contributed by atoms with van der Waals surface area (Å²) in [5, 5.41) is 0. The fourth-order valence-electron chi connectivity index (χ4n) is 2.52. The van der Waals surface area contributed by atoms with Gasteiger partial charge in [0.2, 0.25) is 0 Å². The number of carbonyl (C=O) groups is 2. The predicted molar refractivity (Wildman–Crippen MR) is 64.9 cm³/mol. The average Bonchev–Trinajstić information content (AvgIpc) is 2.71. The van der Waals surface area contributed by atoms with Crippen molar-refractivity contribution in [3.8, 4) is 0 Å². The van der Waals surface area contributed by atoms with Gasteiger partial charge < -0.3 is 9.47 Å². The maximum absolute atomic E-state index is 11.8. The normalized spacial score (nSPS) is 32.9. The highest BCUT2D eigenvalue weighted by atomic mass is 16.6. The first-order valence-corrected chi connectivity index (χ1v) is 6.38. The summed E-state index contributed by atoms with van der Waals surface area (Å²) in [6, 6.07) is 0. The molecule has 0 aromatic heterocycles. The Hall–Kier alpha value is -1.36. The van der Waals surface area contributed by atoms with Crippen molar-refractivity contribution in [1.29, 1.82) is 0 Å². The van der Waals surface area contributed by atoms with Crippen LogP contribution in [0.25, 0.3) is 0 Å². The van der Waals surface area contributed by atoms with Gasteiger partial charge in [-0.3, -0.25) is 4.79 Å². The molecule has 2 atom stereocenters. The Labute approximate surface area is 107 Å². The molecule has 2 saturated heterocycles. The minimum Gasteiger partial charge on any atom is -0.447 e. The average molecular weight is 253 g/mol. The Bertz CT molecular complexity index is 356. The van der Waals surface area contributed by atoms with E-state index in [2.05, 4.69) is 0 Å². The monoisotopic (exact) mass is 253 g/mol. The van der Waals surface area contributed by atoms with Crippen LogP contribution in [0.4, 0.5) is 4.79 Å². The van der Waals surface area contributed by atoms with Crippen LogP contribution in [0.2, 0.25) is 0 Å². The second kappa shape index (κ2) is 5.52. The molecule has 5 nitrogen and oxygen atoms in total. The van der Waals surface area contributed by atoms with Gasteiger partial charge in [-0.05, 0) is 38.7 Å². The zero-order valence-electron chi connectivity index (χ0n) is 10.8. The number of hydrogen-bond donors (Lipinski definition) is 0. The Morgan fingerprint density at radius 3 is 2.56 bits per heavy atom. The van der Waals surface area contributed by atoms with Gasteiger partial charge in [-0.1, -0.05) is 6.08 Å². The SMILES string of the molecule is CC1CC(/C=C/C(=O)N2CCOC2=O)CC(C)O1. The first-order chi connectivity index (χ1) is 8.56. The molecule has 0 aliphatic carbocycles. The van der Waals surface area contributed by atoms with E-state index < -0.39 is 6.09 Å². The molecular weight excluding hydrogens is 234 g/mol. The van der Waals surface area contributed by atoms with Crippen molar-refractivity contribution in [1.82, 2.24) is 4.90 Å². The smallest absolute Gasteiger partial charge is 0.416 e. The van der Waals surface area contributed by atoms with E-state index >= 15 is 0 Å². The van der Waals surface area contributed by atoms with Crippen molar-refractivity contribution < 1.29 is 19.1 Å². The maximum atomic E-state index is 11.8. The van der Waals surface area contributed by atoms with Gasteiger partial charge in [0.05, 0.1) is 18.8 Å². The van der Waals surface area contributed by atoms with Gasteiger partial charge in [0.1, 0.15) is 6.61 Å². The Balaban J connectivity index is 1.90. The summed E-state index contributed by atoms with van der Waals surface area (Å²) >= 11 is 0. The summed E-state index contributed by atoms with van der Waals surface area (Å²) in [6.45, 7) is 4.72. The lowest BCUT2D eigenvalue weighted by atomic mass is 9.92. The van der Waals surface area contributed by atoms with Crippen molar-refractivity contribution in [3.05, 3.63) is 12.2 Å². The van der Waals surface area contributed by atoms with E-state index in [1.807, 2.05) is 19.9 Å². The molecule has 2 aliphatic rings. The molecule has 5 heteroatoms. The molecule has 0 spiro atoms. The van der Waals surface area contributed by atoms with Crippen LogP contribution in [0.15, 0.2) is 12.2 Å². The van der Waals surface area contributed by atoms with Crippen molar-refractivity contribution in [2.45, 2.75) is 38.9 Å². The molecular formula is C13H19NO4. The number of hydrogen-bond acceptors (Lipinski definition) is 4. The van der Waals surface area contributed by atoms with Gasteiger partial charge in [-0.2, -0.15) is 0 Å². The van der Waals surface area contributed by atoms with Crippen LogP contribution in [-0.2, 0) is 14.3 Å². The molecule has 0 aromatic rings. The summed E-state index contributed by atoms with van der Waals surface area (Å²) in [4.78, 5) is 24.1. The van der Waals surface area contributed by atoms with Crippen molar-refractivity contribution in [2.24, 2.45) is 5.92 Å². The van der Waals surface area contributed by atoms with E-state index in [-0.39, 0.29) is 18.1 Å². The quantitative estimate of drug-likeness (QED) is 0.703. The minimum atomic E-state index is -0.543. The van der Waals surface area contributed by atoms with Crippen LogP contribution in [0.5, 0.6) is 0 Å². The highest BCUT2D eigenvalue weighted by Gasteiger charge is 2.27. The first-order valence-electron chi connectivity index (χ1n) is 6.38. The van der Waals surface area contributed by atoms with Gasteiger partial charge in [0.15, 0.2) is 0 Å². The molecule has 0 saturated carbocycles. The highest BCUT2D eigenvalue weighted by molar-refractivity contribution is 5.99. The highest BCUT2D eigenvalue weighted by Crippen LogP contribution is 2.25. The first kappa shape index (κ1) is 13.1. The number of rotatable bonds is 2. The number of cyclic esters (lactones) is 1. The van der Waals surface area contributed by atoms with Crippen LogP contribution >= 0.6 is 0 Å². The van der Waals surface area contributed by atoms with Crippen molar-refractivity contribution in [3.63, 3.8) is 0 Å². The molecule has 2 aliphatic heterocycles. The van der Waals surface area contributed by atoms with E-state index in [0.29, 0.717) is 19.1 Å². The van der Waals surface area contributed by atoms with E-state index in [0.717, 1.165) is 17.7 Å².